The summed E-state index contributed by atoms with van der Waals surface area (Å²) in [6.45, 7) is 0. The number of aryl methyl sites for hydroxylation is 1. The molecule has 0 unspecified atom stereocenters. The highest BCUT2D eigenvalue weighted by Gasteiger charge is 2.09. The summed E-state index contributed by atoms with van der Waals surface area (Å²) in [6.07, 6.45) is 0.897. The molecule has 0 aliphatic heterocycles. The number of benzene rings is 1. The first-order valence-corrected chi connectivity index (χ1v) is 6.88. The molecular formula is C13H15N3O3S. The van der Waals surface area contributed by atoms with Gasteiger partial charge in [-0.25, -0.2) is 0 Å². The van der Waals surface area contributed by atoms with Crippen LogP contribution in [0.5, 0.6) is 11.5 Å². The van der Waals surface area contributed by atoms with Gasteiger partial charge in [0.15, 0.2) is 0 Å². The number of hydrogen-bond donors (Lipinski definition) is 1. The number of ether oxygens (including phenoxy) is 2. The second-order valence-electron chi connectivity index (χ2n) is 3.97. The minimum absolute atomic E-state index is 0.105. The molecule has 0 bridgehead atoms. The lowest BCUT2D eigenvalue weighted by atomic mass is 10.1. The van der Waals surface area contributed by atoms with Gasteiger partial charge in [-0.15, -0.1) is 10.2 Å². The van der Waals surface area contributed by atoms with Gasteiger partial charge in [0.2, 0.25) is 11.0 Å². The van der Waals surface area contributed by atoms with Crippen LogP contribution in [0.15, 0.2) is 23.7 Å². The number of aromatic nitrogens is 2. The molecular weight excluding hydrogens is 278 g/mol. The van der Waals surface area contributed by atoms with Gasteiger partial charge >= 0.3 is 0 Å². The van der Waals surface area contributed by atoms with E-state index in [9.17, 15) is 4.79 Å². The number of carbonyl (C=O) groups is 1. The van der Waals surface area contributed by atoms with Crippen LogP contribution in [-0.4, -0.2) is 30.3 Å². The first kappa shape index (κ1) is 14.3. The van der Waals surface area contributed by atoms with E-state index in [-0.39, 0.29) is 5.91 Å². The number of nitrogens with zero attached hydrogens (tertiary/aromatic N) is 2. The molecule has 1 aromatic carbocycles. The van der Waals surface area contributed by atoms with Gasteiger partial charge in [0.25, 0.3) is 0 Å². The zero-order chi connectivity index (χ0) is 14.4. The van der Waals surface area contributed by atoms with Crippen LogP contribution in [0.25, 0.3) is 0 Å². The fraction of sp³-hybridized carbons (Fsp3) is 0.308. The first-order valence-electron chi connectivity index (χ1n) is 6.00. The van der Waals surface area contributed by atoms with Crippen molar-refractivity contribution in [1.82, 2.24) is 10.2 Å². The molecule has 0 aliphatic carbocycles. The van der Waals surface area contributed by atoms with E-state index in [2.05, 4.69) is 15.5 Å². The second-order valence-corrected chi connectivity index (χ2v) is 4.80. The molecule has 0 fully saturated rings. The topological polar surface area (TPSA) is 73.3 Å². The van der Waals surface area contributed by atoms with E-state index < -0.39 is 0 Å². The number of carbonyl (C=O) groups excluding carboxylic acids is 1. The van der Waals surface area contributed by atoms with Gasteiger partial charge < -0.3 is 14.8 Å². The number of rotatable bonds is 6. The molecule has 1 amide bonds. The van der Waals surface area contributed by atoms with Gasteiger partial charge in [0.1, 0.15) is 17.0 Å². The smallest absolute Gasteiger partial charge is 0.226 e. The predicted molar refractivity (Wildman–Crippen MR) is 76.4 cm³/mol. The van der Waals surface area contributed by atoms with Crippen molar-refractivity contribution in [1.29, 1.82) is 0 Å². The highest BCUT2D eigenvalue weighted by atomic mass is 32.1. The van der Waals surface area contributed by atoms with Crippen molar-refractivity contribution in [2.45, 2.75) is 12.8 Å². The van der Waals surface area contributed by atoms with Gasteiger partial charge in [-0.05, 0) is 30.2 Å². The number of hydrogen-bond acceptors (Lipinski definition) is 6. The fourth-order valence-electron chi connectivity index (χ4n) is 1.73. The van der Waals surface area contributed by atoms with E-state index in [1.807, 2.05) is 18.2 Å². The molecule has 0 aliphatic rings. The Morgan fingerprint density at radius 3 is 2.85 bits per heavy atom. The highest BCUT2D eigenvalue weighted by molar-refractivity contribution is 7.13. The van der Waals surface area contributed by atoms with Gasteiger partial charge in [0, 0.05) is 6.42 Å². The fourth-order valence-corrected chi connectivity index (χ4v) is 2.20. The minimum atomic E-state index is -0.105. The lowest BCUT2D eigenvalue weighted by Gasteiger charge is -2.10. The summed E-state index contributed by atoms with van der Waals surface area (Å²) in [5.41, 5.74) is 2.50. The Morgan fingerprint density at radius 2 is 2.20 bits per heavy atom. The average Bonchev–Trinajstić information content (AvgIpc) is 2.97. The van der Waals surface area contributed by atoms with Crippen molar-refractivity contribution in [2.24, 2.45) is 0 Å². The summed E-state index contributed by atoms with van der Waals surface area (Å²) in [6, 6.07) is 5.53. The Balaban J connectivity index is 1.97. The van der Waals surface area contributed by atoms with Crippen LogP contribution < -0.4 is 14.8 Å². The third-order valence-corrected chi connectivity index (χ3v) is 3.32. The maximum Gasteiger partial charge on any atom is 0.226 e. The Kier molecular flexibility index (Phi) is 4.89. The monoisotopic (exact) mass is 293 g/mol. The Bertz CT molecular complexity index is 572. The molecule has 6 nitrogen and oxygen atoms in total. The van der Waals surface area contributed by atoms with Crippen molar-refractivity contribution < 1.29 is 14.3 Å². The standard InChI is InChI=1S/C13H15N3O3S/c1-18-10-4-5-11(19-2)9(7-10)3-6-12(17)15-13-16-14-8-20-13/h4-5,7-8H,3,6H2,1-2H3,(H,15,16,17). The summed E-state index contributed by atoms with van der Waals surface area (Å²) < 4.78 is 10.4. The lowest BCUT2D eigenvalue weighted by molar-refractivity contribution is -0.116. The highest BCUT2D eigenvalue weighted by Crippen LogP contribution is 2.25. The van der Waals surface area contributed by atoms with Crippen LogP contribution in [-0.2, 0) is 11.2 Å². The van der Waals surface area contributed by atoms with Crippen molar-refractivity contribution in [2.75, 3.05) is 19.5 Å². The van der Waals surface area contributed by atoms with E-state index in [4.69, 9.17) is 9.47 Å². The largest absolute Gasteiger partial charge is 0.497 e. The van der Waals surface area contributed by atoms with Crippen LogP contribution in [0.2, 0.25) is 0 Å². The van der Waals surface area contributed by atoms with E-state index in [0.717, 1.165) is 17.1 Å². The quantitative estimate of drug-likeness (QED) is 0.883. The van der Waals surface area contributed by atoms with Crippen LogP contribution in [0.4, 0.5) is 5.13 Å². The molecule has 1 N–H and O–H groups in total. The number of anilines is 1. The second kappa shape index (κ2) is 6.85. The van der Waals surface area contributed by atoms with Crippen LogP contribution in [0.3, 0.4) is 0 Å². The summed E-state index contributed by atoms with van der Waals surface area (Å²) in [7, 11) is 3.21. The van der Waals surface area contributed by atoms with Crippen LogP contribution in [0.1, 0.15) is 12.0 Å². The predicted octanol–water partition coefficient (Wildman–Crippen LogP) is 2.13. The SMILES string of the molecule is COc1ccc(OC)c(CCC(=O)Nc2nncs2)c1. The number of amides is 1. The Hall–Kier alpha value is -2.15. The van der Waals surface area contributed by atoms with E-state index in [1.165, 1.54) is 11.3 Å². The van der Waals surface area contributed by atoms with Crippen molar-refractivity contribution in [3.63, 3.8) is 0 Å². The molecule has 0 saturated heterocycles. The van der Waals surface area contributed by atoms with E-state index >= 15 is 0 Å². The third-order valence-electron chi connectivity index (χ3n) is 2.72. The molecule has 2 aromatic rings. The zero-order valence-electron chi connectivity index (χ0n) is 11.3. The van der Waals surface area contributed by atoms with E-state index in [0.29, 0.717) is 18.0 Å². The van der Waals surface area contributed by atoms with E-state index in [1.54, 1.807) is 19.7 Å². The summed E-state index contributed by atoms with van der Waals surface area (Å²) in [5.74, 6) is 1.38. The minimum Gasteiger partial charge on any atom is -0.497 e. The number of nitrogens with one attached hydrogen (secondary N) is 1. The first-order chi connectivity index (χ1) is 9.72. The number of methoxy groups -OCH3 is 2. The molecule has 7 heteroatoms. The van der Waals surface area contributed by atoms with Crippen molar-refractivity contribution >= 4 is 22.4 Å². The maximum atomic E-state index is 11.8. The molecule has 0 spiro atoms. The summed E-state index contributed by atoms with van der Waals surface area (Å²) >= 11 is 1.29. The van der Waals surface area contributed by atoms with Gasteiger partial charge in [-0.2, -0.15) is 0 Å². The third kappa shape index (κ3) is 3.67. The molecule has 1 aromatic heterocycles. The van der Waals surface area contributed by atoms with Crippen LogP contribution >= 0.6 is 11.3 Å². The average molecular weight is 293 g/mol. The Morgan fingerprint density at radius 1 is 1.35 bits per heavy atom. The molecule has 0 saturated carbocycles. The molecule has 0 atom stereocenters. The summed E-state index contributed by atoms with van der Waals surface area (Å²) in [5, 5.41) is 10.6. The molecule has 2 rings (SSSR count). The maximum absolute atomic E-state index is 11.8. The normalized spacial score (nSPS) is 10.1. The van der Waals surface area contributed by atoms with Crippen molar-refractivity contribution in [3.05, 3.63) is 29.3 Å². The molecule has 106 valence electrons. The van der Waals surface area contributed by atoms with Gasteiger partial charge in [-0.1, -0.05) is 11.3 Å². The lowest BCUT2D eigenvalue weighted by Crippen LogP contribution is -2.12. The molecule has 1 heterocycles. The molecule has 0 radical (unpaired) electrons. The van der Waals surface area contributed by atoms with Gasteiger partial charge in [-0.3, -0.25) is 4.79 Å². The summed E-state index contributed by atoms with van der Waals surface area (Å²) in [4.78, 5) is 11.8. The zero-order valence-corrected chi connectivity index (χ0v) is 12.1. The van der Waals surface area contributed by atoms with Crippen molar-refractivity contribution in [3.8, 4) is 11.5 Å². The van der Waals surface area contributed by atoms with Gasteiger partial charge in [0.05, 0.1) is 14.2 Å². The Labute approximate surface area is 120 Å². The van der Waals surface area contributed by atoms with Crippen LogP contribution in [0, 0.1) is 0 Å². The molecule has 20 heavy (non-hydrogen) atoms.